The van der Waals surface area contributed by atoms with Crippen molar-refractivity contribution < 1.29 is 9.32 Å². The molecule has 1 atom stereocenters. The van der Waals surface area contributed by atoms with Crippen LogP contribution in [0.3, 0.4) is 0 Å². The van der Waals surface area contributed by atoms with Gasteiger partial charge in [-0.25, -0.2) is 0 Å². The fraction of sp³-hybridized carbons (Fsp3) is 0.154. The Morgan fingerprint density at radius 3 is 2.42 bits per heavy atom. The van der Waals surface area contributed by atoms with Crippen LogP contribution in [0.1, 0.15) is 38.9 Å². The zero-order valence-corrected chi connectivity index (χ0v) is 17.8. The van der Waals surface area contributed by atoms with Gasteiger partial charge in [0.05, 0.1) is 6.04 Å². The molecule has 5 heteroatoms. The van der Waals surface area contributed by atoms with Crippen LogP contribution in [0.25, 0.3) is 11.3 Å². The highest BCUT2D eigenvalue weighted by molar-refractivity contribution is 6.31. The summed E-state index contributed by atoms with van der Waals surface area (Å²) in [6, 6.07) is 25.4. The number of benzene rings is 3. The summed E-state index contributed by atoms with van der Waals surface area (Å²) in [6.07, 6.45) is 0.786. The van der Waals surface area contributed by atoms with Crippen molar-refractivity contribution in [1.29, 1.82) is 0 Å². The van der Waals surface area contributed by atoms with Crippen LogP contribution >= 0.6 is 11.6 Å². The third-order valence-electron chi connectivity index (χ3n) is 5.87. The summed E-state index contributed by atoms with van der Waals surface area (Å²) < 4.78 is 5.47. The van der Waals surface area contributed by atoms with Crippen LogP contribution < -0.4 is 0 Å². The van der Waals surface area contributed by atoms with Gasteiger partial charge in [-0.05, 0) is 36.1 Å². The Hall–Kier alpha value is -3.37. The van der Waals surface area contributed by atoms with Crippen LogP contribution in [0.15, 0.2) is 83.4 Å². The van der Waals surface area contributed by atoms with Gasteiger partial charge in [0.15, 0.2) is 0 Å². The monoisotopic (exact) mass is 428 g/mol. The number of carbonyl (C=O) groups is 1. The number of aromatic nitrogens is 1. The van der Waals surface area contributed by atoms with Gasteiger partial charge in [-0.2, -0.15) is 0 Å². The van der Waals surface area contributed by atoms with Gasteiger partial charge >= 0.3 is 0 Å². The summed E-state index contributed by atoms with van der Waals surface area (Å²) in [6.45, 7) is 2.37. The molecule has 1 aliphatic rings. The highest BCUT2D eigenvalue weighted by Crippen LogP contribution is 2.40. The molecule has 0 fully saturated rings. The maximum atomic E-state index is 14.0. The summed E-state index contributed by atoms with van der Waals surface area (Å²) in [5, 5.41) is 4.86. The molecule has 31 heavy (non-hydrogen) atoms. The molecule has 0 aliphatic carbocycles. The van der Waals surface area contributed by atoms with E-state index < -0.39 is 0 Å². The van der Waals surface area contributed by atoms with Gasteiger partial charge in [-0.15, -0.1) is 0 Å². The minimum atomic E-state index is -0.274. The first-order chi connectivity index (χ1) is 15.1. The predicted octanol–water partition coefficient (Wildman–Crippen LogP) is 6.09. The molecular formula is C26H21ClN2O2. The largest absolute Gasteiger partial charge is 0.360 e. The Morgan fingerprint density at radius 1 is 0.968 bits per heavy atom. The average Bonchev–Trinajstić information content (AvgIpc) is 3.20. The van der Waals surface area contributed by atoms with E-state index in [1.807, 2.05) is 71.6 Å². The van der Waals surface area contributed by atoms with E-state index in [1.54, 1.807) is 6.92 Å². The Morgan fingerprint density at radius 2 is 1.65 bits per heavy atom. The normalized spacial score (nSPS) is 15.5. The minimum Gasteiger partial charge on any atom is -0.360 e. The molecule has 0 saturated heterocycles. The first kappa shape index (κ1) is 19.6. The van der Waals surface area contributed by atoms with E-state index in [2.05, 4.69) is 17.3 Å². The lowest BCUT2D eigenvalue weighted by Crippen LogP contribution is -2.41. The summed E-state index contributed by atoms with van der Waals surface area (Å²) in [5.41, 5.74) is 5.18. The number of aryl methyl sites for hydroxylation is 1. The summed E-state index contributed by atoms with van der Waals surface area (Å²) in [7, 11) is 0. The Kier molecular flexibility index (Phi) is 5.08. The van der Waals surface area contributed by atoms with Crippen molar-refractivity contribution in [3.63, 3.8) is 0 Å². The molecule has 3 aromatic carbocycles. The smallest absolute Gasteiger partial charge is 0.260 e. The first-order valence-corrected chi connectivity index (χ1v) is 10.7. The highest BCUT2D eigenvalue weighted by Gasteiger charge is 2.36. The molecular weight excluding hydrogens is 408 g/mol. The standard InChI is InChI=1S/C26H21ClN2O2/c1-17-23(24(28-31-17)19-10-3-2-4-11-19)26(30)29-16-15-18-9-5-6-12-20(18)25(29)21-13-7-8-14-22(21)27/h2-14,25H,15-16H2,1H3. The van der Waals surface area contributed by atoms with Gasteiger partial charge in [0.25, 0.3) is 5.91 Å². The molecule has 0 radical (unpaired) electrons. The number of rotatable bonds is 3. The molecule has 0 N–H and O–H groups in total. The molecule has 0 saturated carbocycles. The molecule has 1 aromatic heterocycles. The summed E-state index contributed by atoms with van der Waals surface area (Å²) in [4.78, 5) is 15.9. The molecule has 2 heterocycles. The maximum Gasteiger partial charge on any atom is 0.260 e. The quantitative estimate of drug-likeness (QED) is 0.396. The molecule has 4 aromatic rings. The van der Waals surface area contributed by atoms with Crippen LogP contribution in [0.2, 0.25) is 5.02 Å². The lowest BCUT2D eigenvalue weighted by molar-refractivity contribution is 0.0693. The van der Waals surface area contributed by atoms with Gasteiger partial charge in [0, 0.05) is 17.1 Å². The Balaban J connectivity index is 1.64. The van der Waals surface area contributed by atoms with Crippen molar-refractivity contribution in [2.24, 2.45) is 0 Å². The van der Waals surface area contributed by atoms with Crippen molar-refractivity contribution in [3.05, 3.63) is 112 Å². The van der Waals surface area contributed by atoms with Crippen LogP contribution in [-0.2, 0) is 6.42 Å². The second-order valence-corrected chi connectivity index (χ2v) is 8.11. The zero-order chi connectivity index (χ0) is 21.4. The molecule has 0 bridgehead atoms. The molecule has 1 amide bonds. The number of nitrogens with zero attached hydrogens (tertiary/aromatic N) is 2. The third kappa shape index (κ3) is 3.43. The van der Waals surface area contributed by atoms with Crippen molar-refractivity contribution in [2.45, 2.75) is 19.4 Å². The van der Waals surface area contributed by atoms with Gasteiger partial charge in [0.1, 0.15) is 17.0 Å². The number of hydrogen-bond donors (Lipinski definition) is 0. The Bertz CT molecular complexity index is 1250. The Labute approximate surface area is 186 Å². The number of halogens is 1. The lowest BCUT2D eigenvalue weighted by Gasteiger charge is -2.38. The highest BCUT2D eigenvalue weighted by atomic mass is 35.5. The van der Waals surface area contributed by atoms with Gasteiger partial charge in [0.2, 0.25) is 0 Å². The molecule has 1 aliphatic heterocycles. The summed E-state index contributed by atoms with van der Waals surface area (Å²) in [5.74, 6) is 0.414. The van der Waals surface area contributed by atoms with Crippen molar-refractivity contribution >= 4 is 17.5 Å². The fourth-order valence-corrected chi connectivity index (χ4v) is 4.62. The summed E-state index contributed by atoms with van der Waals surface area (Å²) >= 11 is 6.61. The lowest BCUT2D eigenvalue weighted by atomic mass is 9.87. The maximum absolute atomic E-state index is 14.0. The fourth-order valence-electron chi connectivity index (χ4n) is 4.38. The number of amides is 1. The molecule has 4 nitrogen and oxygen atoms in total. The van der Waals surface area contributed by atoms with Crippen molar-refractivity contribution in [3.8, 4) is 11.3 Å². The molecule has 154 valence electrons. The third-order valence-corrected chi connectivity index (χ3v) is 6.21. The average molecular weight is 429 g/mol. The van der Waals surface area contributed by atoms with Gasteiger partial charge in [-0.1, -0.05) is 89.6 Å². The van der Waals surface area contributed by atoms with Crippen LogP contribution in [0.5, 0.6) is 0 Å². The van der Waals surface area contributed by atoms with E-state index in [1.165, 1.54) is 5.56 Å². The number of hydrogen-bond acceptors (Lipinski definition) is 3. The zero-order valence-electron chi connectivity index (χ0n) is 17.1. The number of carbonyl (C=O) groups excluding carboxylic acids is 1. The van der Waals surface area contributed by atoms with Crippen LogP contribution in [-0.4, -0.2) is 22.5 Å². The van der Waals surface area contributed by atoms with E-state index in [0.29, 0.717) is 28.6 Å². The topological polar surface area (TPSA) is 46.3 Å². The van der Waals surface area contributed by atoms with Crippen LogP contribution in [0, 0.1) is 6.92 Å². The molecule has 1 unspecified atom stereocenters. The van der Waals surface area contributed by atoms with E-state index >= 15 is 0 Å². The SMILES string of the molecule is Cc1onc(-c2ccccc2)c1C(=O)N1CCc2ccccc2C1c1ccccc1Cl. The van der Waals surface area contributed by atoms with E-state index in [9.17, 15) is 4.79 Å². The second-order valence-electron chi connectivity index (χ2n) is 7.70. The van der Waals surface area contributed by atoms with Crippen LogP contribution in [0.4, 0.5) is 0 Å². The van der Waals surface area contributed by atoms with E-state index in [4.69, 9.17) is 16.1 Å². The first-order valence-electron chi connectivity index (χ1n) is 10.3. The van der Waals surface area contributed by atoms with E-state index in [-0.39, 0.29) is 11.9 Å². The molecule has 5 rings (SSSR count). The minimum absolute atomic E-state index is 0.1000. The van der Waals surface area contributed by atoms with Crippen molar-refractivity contribution in [2.75, 3.05) is 6.54 Å². The van der Waals surface area contributed by atoms with E-state index in [0.717, 1.165) is 23.1 Å². The molecule has 0 spiro atoms. The van der Waals surface area contributed by atoms with Gasteiger partial charge in [-0.3, -0.25) is 4.79 Å². The van der Waals surface area contributed by atoms with Gasteiger partial charge < -0.3 is 9.42 Å². The second kappa shape index (κ2) is 8.05. The number of fused-ring (bicyclic) bond motifs is 1. The predicted molar refractivity (Wildman–Crippen MR) is 121 cm³/mol. The van der Waals surface area contributed by atoms with Crippen molar-refractivity contribution in [1.82, 2.24) is 10.1 Å².